The first-order valence-corrected chi connectivity index (χ1v) is 6.01. The lowest BCUT2D eigenvalue weighted by Gasteiger charge is -2.07. The molecule has 2 aromatic rings. The molecule has 0 saturated carbocycles. The fourth-order valence-corrected chi connectivity index (χ4v) is 1.51. The first kappa shape index (κ1) is 13.1. The molecule has 102 valence electrons. The van der Waals surface area contributed by atoms with Gasteiger partial charge in [-0.25, -0.2) is 0 Å². The summed E-state index contributed by atoms with van der Waals surface area (Å²) >= 11 is 0. The summed E-state index contributed by atoms with van der Waals surface area (Å²) in [7, 11) is 3.27. The van der Waals surface area contributed by atoms with Crippen molar-refractivity contribution in [3.8, 4) is 6.01 Å². The Morgan fingerprint density at radius 1 is 1.26 bits per heavy atom. The second kappa shape index (κ2) is 6.53. The average molecular weight is 263 g/mol. The van der Waals surface area contributed by atoms with E-state index in [9.17, 15) is 0 Å². The number of anilines is 2. The van der Waals surface area contributed by atoms with Crippen LogP contribution in [0.25, 0.3) is 0 Å². The minimum absolute atomic E-state index is 0.286. The molecule has 2 rings (SSSR count). The van der Waals surface area contributed by atoms with E-state index >= 15 is 0 Å². The second-order valence-electron chi connectivity index (χ2n) is 3.77. The van der Waals surface area contributed by atoms with Gasteiger partial charge in [-0.1, -0.05) is 0 Å². The van der Waals surface area contributed by atoms with E-state index in [0.717, 1.165) is 19.5 Å². The summed E-state index contributed by atoms with van der Waals surface area (Å²) in [6.45, 7) is 1.59. The highest BCUT2D eigenvalue weighted by Crippen LogP contribution is 2.09. The Labute approximate surface area is 111 Å². The van der Waals surface area contributed by atoms with Crippen molar-refractivity contribution in [1.29, 1.82) is 0 Å². The molecule has 0 saturated heterocycles. The molecule has 0 radical (unpaired) electrons. The third-order valence-corrected chi connectivity index (χ3v) is 2.43. The lowest BCUT2D eigenvalue weighted by atomic mass is 10.4. The van der Waals surface area contributed by atoms with Crippen LogP contribution in [0.2, 0.25) is 0 Å². The lowest BCUT2D eigenvalue weighted by Crippen LogP contribution is -2.11. The monoisotopic (exact) mass is 263 g/mol. The summed E-state index contributed by atoms with van der Waals surface area (Å²) in [5, 5.41) is 10.1. The van der Waals surface area contributed by atoms with E-state index in [1.165, 1.54) is 7.11 Å². The van der Waals surface area contributed by atoms with Crippen molar-refractivity contribution in [3.05, 3.63) is 18.5 Å². The van der Waals surface area contributed by atoms with Crippen LogP contribution in [-0.2, 0) is 6.54 Å². The van der Waals surface area contributed by atoms with Gasteiger partial charge in [0.1, 0.15) is 0 Å². The van der Waals surface area contributed by atoms with E-state index in [2.05, 4.69) is 30.7 Å². The summed E-state index contributed by atoms with van der Waals surface area (Å²) < 4.78 is 6.89. The summed E-state index contributed by atoms with van der Waals surface area (Å²) in [6.07, 6.45) is 4.62. The number of nitrogens with zero attached hydrogens (tertiary/aromatic N) is 5. The molecule has 0 aliphatic carbocycles. The molecule has 0 aliphatic rings. The van der Waals surface area contributed by atoms with E-state index in [4.69, 9.17) is 4.74 Å². The molecule has 0 spiro atoms. The Hall–Kier alpha value is -2.38. The minimum atomic E-state index is 0.286. The fourth-order valence-electron chi connectivity index (χ4n) is 1.51. The number of rotatable bonds is 7. The van der Waals surface area contributed by atoms with Crippen LogP contribution in [0.5, 0.6) is 6.01 Å². The number of aromatic nitrogens is 5. The Morgan fingerprint density at radius 2 is 2.11 bits per heavy atom. The largest absolute Gasteiger partial charge is 0.467 e. The SMILES string of the molecule is CNc1nc(NCCCn2cccn2)nc(OC)n1. The molecule has 0 fully saturated rings. The van der Waals surface area contributed by atoms with Gasteiger partial charge in [-0.05, 0) is 12.5 Å². The van der Waals surface area contributed by atoms with Gasteiger partial charge in [0.05, 0.1) is 7.11 Å². The first-order valence-electron chi connectivity index (χ1n) is 6.01. The molecule has 0 atom stereocenters. The normalized spacial score (nSPS) is 10.2. The number of ether oxygens (including phenoxy) is 1. The molecule has 2 aromatic heterocycles. The fraction of sp³-hybridized carbons (Fsp3) is 0.455. The predicted molar refractivity (Wildman–Crippen MR) is 71.3 cm³/mol. The van der Waals surface area contributed by atoms with Crippen LogP contribution >= 0.6 is 0 Å². The molecule has 19 heavy (non-hydrogen) atoms. The maximum atomic E-state index is 5.01. The molecular formula is C11H17N7O. The Balaban J connectivity index is 1.84. The smallest absolute Gasteiger partial charge is 0.322 e. The third-order valence-electron chi connectivity index (χ3n) is 2.43. The Kier molecular flexibility index (Phi) is 4.49. The number of nitrogens with one attached hydrogen (secondary N) is 2. The number of aryl methyl sites for hydroxylation is 1. The number of methoxy groups -OCH3 is 1. The van der Waals surface area contributed by atoms with Crippen molar-refractivity contribution >= 4 is 11.9 Å². The van der Waals surface area contributed by atoms with Crippen LogP contribution in [-0.4, -0.2) is 45.4 Å². The molecule has 0 aliphatic heterocycles. The van der Waals surface area contributed by atoms with Crippen molar-refractivity contribution in [2.45, 2.75) is 13.0 Å². The highest BCUT2D eigenvalue weighted by atomic mass is 16.5. The maximum absolute atomic E-state index is 5.01. The third kappa shape index (κ3) is 3.80. The van der Waals surface area contributed by atoms with Crippen LogP contribution in [0.15, 0.2) is 18.5 Å². The molecule has 0 bridgehead atoms. The quantitative estimate of drug-likeness (QED) is 0.708. The van der Waals surface area contributed by atoms with Crippen molar-refractivity contribution in [1.82, 2.24) is 24.7 Å². The van der Waals surface area contributed by atoms with Crippen molar-refractivity contribution < 1.29 is 4.74 Å². The summed E-state index contributed by atoms with van der Waals surface area (Å²) in [6, 6.07) is 2.19. The highest BCUT2D eigenvalue weighted by molar-refractivity contribution is 5.35. The standard InChI is InChI=1S/C11H17N7O/c1-12-9-15-10(17-11(16-9)19-2)13-5-3-7-18-8-4-6-14-18/h4,6,8H,3,5,7H2,1-2H3,(H2,12,13,15,16,17). The average Bonchev–Trinajstić information content (AvgIpc) is 2.96. The van der Waals surface area contributed by atoms with Gasteiger partial charge in [-0.15, -0.1) is 0 Å². The zero-order valence-electron chi connectivity index (χ0n) is 11.0. The lowest BCUT2D eigenvalue weighted by molar-refractivity contribution is 0.379. The summed E-state index contributed by atoms with van der Waals surface area (Å²) in [4.78, 5) is 12.3. The van der Waals surface area contributed by atoms with Gasteiger partial charge in [-0.3, -0.25) is 4.68 Å². The van der Waals surface area contributed by atoms with Crippen LogP contribution in [0, 0.1) is 0 Å². The van der Waals surface area contributed by atoms with Gasteiger partial charge >= 0.3 is 6.01 Å². The van der Waals surface area contributed by atoms with E-state index in [-0.39, 0.29) is 6.01 Å². The van der Waals surface area contributed by atoms with Crippen molar-refractivity contribution in [2.75, 3.05) is 31.3 Å². The topological polar surface area (TPSA) is 89.8 Å². The molecule has 2 heterocycles. The van der Waals surface area contributed by atoms with Gasteiger partial charge in [0.2, 0.25) is 11.9 Å². The van der Waals surface area contributed by atoms with Gasteiger partial charge in [-0.2, -0.15) is 20.1 Å². The number of hydrogen-bond acceptors (Lipinski definition) is 7. The molecule has 0 amide bonds. The van der Waals surface area contributed by atoms with E-state index in [0.29, 0.717) is 11.9 Å². The van der Waals surface area contributed by atoms with Crippen LogP contribution in [0.3, 0.4) is 0 Å². The molecule has 0 aromatic carbocycles. The van der Waals surface area contributed by atoms with Gasteiger partial charge in [0.15, 0.2) is 0 Å². The Bertz CT molecular complexity index is 477. The predicted octanol–water partition coefficient (Wildman–Crippen LogP) is 0.621. The van der Waals surface area contributed by atoms with Crippen LogP contribution in [0.4, 0.5) is 11.9 Å². The van der Waals surface area contributed by atoms with E-state index < -0.39 is 0 Å². The molecule has 8 nitrogen and oxygen atoms in total. The van der Waals surface area contributed by atoms with Crippen LogP contribution in [0.1, 0.15) is 6.42 Å². The molecule has 8 heteroatoms. The minimum Gasteiger partial charge on any atom is -0.467 e. The molecular weight excluding hydrogens is 246 g/mol. The van der Waals surface area contributed by atoms with Crippen LogP contribution < -0.4 is 15.4 Å². The Morgan fingerprint density at radius 3 is 2.79 bits per heavy atom. The summed E-state index contributed by atoms with van der Waals surface area (Å²) in [5.74, 6) is 0.970. The van der Waals surface area contributed by atoms with Gasteiger partial charge < -0.3 is 15.4 Å². The first-order chi connectivity index (χ1) is 9.31. The highest BCUT2D eigenvalue weighted by Gasteiger charge is 2.04. The van der Waals surface area contributed by atoms with Gasteiger partial charge in [0.25, 0.3) is 0 Å². The zero-order valence-corrected chi connectivity index (χ0v) is 11.0. The second-order valence-corrected chi connectivity index (χ2v) is 3.77. The zero-order chi connectivity index (χ0) is 13.5. The summed E-state index contributed by atoms with van der Waals surface area (Å²) in [5.41, 5.74) is 0. The van der Waals surface area contributed by atoms with Gasteiger partial charge in [0, 0.05) is 32.5 Å². The van der Waals surface area contributed by atoms with Crippen molar-refractivity contribution in [2.24, 2.45) is 0 Å². The van der Waals surface area contributed by atoms with E-state index in [1.54, 1.807) is 13.2 Å². The number of hydrogen-bond donors (Lipinski definition) is 2. The molecule has 2 N–H and O–H groups in total. The van der Waals surface area contributed by atoms with E-state index in [1.807, 2.05) is 16.9 Å². The maximum Gasteiger partial charge on any atom is 0.322 e. The molecule has 0 unspecified atom stereocenters. The van der Waals surface area contributed by atoms with Crippen molar-refractivity contribution in [3.63, 3.8) is 0 Å².